The summed E-state index contributed by atoms with van der Waals surface area (Å²) in [6, 6.07) is 0. The van der Waals surface area contributed by atoms with Crippen LogP contribution in [0.4, 0.5) is 0 Å². The van der Waals surface area contributed by atoms with E-state index in [1.165, 1.54) is 56.9 Å². The van der Waals surface area contributed by atoms with E-state index in [1.807, 2.05) is 5.57 Å². The first kappa shape index (κ1) is 22.4. The van der Waals surface area contributed by atoms with Gasteiger partial charge in [0.05, 0.1) is 6.10 Å². The number of aliphatic hydroxyl groups excluding tert-OH is 1. The SMILES string of the molecule is CCC1C(O)CC[C@]2(C)C3=C(CCC12)C1=CC[C@H]([C@H](C)CCC=C(C)C)[C@@]1(C)CC3. The van der Waals surface area contributed by atoms with Crippen molar-refractivity contribution < 1.29 is 5.11 Å². The third kappa shape index (κ3) is 3.48. The van der Waals surface area contributed by atoms with Crippen LogP contribution in [0.2, 0.25) is 0 Å². The molecule has 1 nitrogen and oxygen atoms in total. The third-order valence-electron chi connectivity index (χ3n) is 10.1. The minimum absolute atomic E-state index is 0.0687. The molecule has 0 saturated heterocycles. The fourth-order valence-corrected chi connectivity index (χ4v) is 8.39. The number of fused-ring (bicyclic) bond motifs is 4. The molecule has 30 heavy (non-hydrogen) atoms. The first-order valence-corrected chi connectivity index (χ1v) is 13.0. The lowest BCUT2D eigenvalue weighted by Gasteiger charge is -2.56. The lowest BCUT2D eigenvalue weighted by atomic mass is 9.49. The maximum absolute atomic E-state index is 10.7. The van der Waals surface area contributed by atoms with Gasteiger partial charge in [-0.25, -0.2) is 0 Å². The number of aliphatic hydroxyl groups is 1. The molecule has 0 aromatic rings. The zero-order chi connectivity index (χ0) is 21.7. The van der Waals surface area contributed by atoms with E-state index in [4.69, 9.17) is 0 Å². The average Bonchev–Trinajstić information content (AvgIpc) is 3.05. The Labute approximate surface area is 186 Å². The first-order chi connectivity index (χ1) is 14.2. The Hall–Kier alpha value is -0.820. The van der Waals surface area contributed by atoms with Crippen molar-refractivity contribution in [3.8, 4) is 0 Å². The van der Waals surface area contributed by atoms with Crippen LogP contribution in [0.1, 0.15) is 106 Å². The fourth-order valence-electron chi connectivity index (χ4n) is 8.39. The zero-order valence-electron chi connectivity index (χ0n) is 20.6. The summed E-state index contributed by atoms with van der Waals surface area (Å²) in [7, 11) is 0. The monoisotopic (exact) mass is 410 g/mol. The second kappa shape index (κ2) is 8.27. The van der Waals surface area contributed by atoms with Gasteiger partial charge in [-0.2, -0.15) is 0 Å². The van der Waals surface area contributed by atoms with Crippen LogP contribution in [-0.2, 0) is 0 Å². The van der Waals surface area contributed by atoms with E-state index in [0.29, 0.717) is 22.7 Å². The second-order valence-electron chi connectivity index (χ2n) is 11.9. The predicted octanol–water partition coefficient (Wildman–Crippen LogP) is 8.01. The Kier molecular flexibility index (Phi) is 6.17. The number of rotatable bonds is 5. The summed E-state index contributed by atoms with van der Waals surface area (Å²) >= 11 is 0. The molecule has 0 heterocycles. The summed E-state index contributed by atoms with van der Waals surface area (Å²) in [6.07, 6.45) is 17.4. The predicted molar refractivity (Wildman–Crippen MR) is 128 cm³/mol. The molecule has 4 aliphatic rings. The topological polar surface area (TPSA) is 20.2 Å². The van der Waals surface area contributed by atoms with Crippen molar-refractivity contribution >= 4 is 0 Å². The largest absolute Gasteiger partial charge is 0.393 e. The van der Waals surface area contributed by atoms with Crippen LogP contribution in [0, 0.1) is 34.5 Å². The lowest BCUT2D eigenvalue weighted by Crippen LogP contribution is -2.48. The van der Waals surface area contributed by atoms with Gasteiger partial charge in [-0.1, -0.05) is 57.4 Å². The molecule has 168 valence electrons. The fraction of sp³-hybridized carbons (Fsp3) is 0.793. The van der Waals surface area contributed by atoms with Crippen molar-refractivity contribution in [2.75, 3.05) is 0 Å². The van der Waals surface area contributed by atoms with Crippen molar-refractivity contribution in [1.29, 1.82) is 0 Å². The molecule has 0 spiro atoms. The molecule has 0 radical (unpaired) electrons. The van der Waals surface area contributed by atoms with Crippen LogP contribution in [0.15, 0.2) is 34.4 Å². The Bertz CT molecular complexity index is 750. The number of hydrogen-bond donors (Lipinski definition) is 1. The molecule has 1 fully saturated rings. The third-order valence-corrected chi connectivity index (χ3v) is 10.1. The van der Waals surface area contributed by atoms with Crippen LogP contribution in [0.3, 0.4) is 0 Å². The van der Waals surface area contributed by atoms with Gasteiger partial charge in [0, 0.05) is 0 Å². The minimum atomic E-state index is -0.0687. The van der Waals surface area contributed by atoms with E-state index < -0.39 is 0 Å². The highest BCUT2D eigenvalue weighted by atomic mass is 16.3. The van der Waals surface area contributed by atoms with Gasteiger partial charge in [0.25, 0.3) is 0 Å². The van der Waals surface area contributed by atoms with Crippen LogP contribution in [-0.4, -0.2) is 11.2 Å². The molecule has 1 N–H and O–H groups in total. The Morgan fingerprint density at radius 3 is 2.63 bits per heavy atom. The van der Waals surface area contributed by atoms with Gasteiger partial charge in [0.2, 0.25) is 0 Å². The Morgan fingerprint density at radius 1 is 1.17 bits per heavy atom. The highest BCUT2D eigenvalue weighted by Gasteiger charge is 2.54. The summed E-state index contributed by atoms with van der Waals surface area (Å²) in [4.78, 5) is 0. The molecule has 3 unspecified atom stereocenters. The standard InChI is InChI=1S/C29H46O/c1-7-21-24-12-11-22-25-14-13-23(20(4)10-8-9-19(2)3)28(25,5)17-15-26(22)29(24,6)18-16-27(21)30/h9,14,20-21,23-24,27,30H,7-8,10-13,15-18H2,1-6H3/t20-,21?,23-,24?,27?,28-,29+/m1/s1. The molecular weight excluding hydrogens is 364 g/mol. The van der Waals surface area contributed by atoms with Crippen LogP contribution in [0.25, 0.3) is 0 Å². The molecule has 0 aromatic heterocycles. The van der Waals surface area contributed by atoms with Gasteiger partial charge in [0.1, 0.15) is 0 Å². The molecule has 0 amide bonds. The van der Waals surface area contributed by atoms with E-state index in [0.717, 1.165) is 24.7 Å². The normalized spacial score (nSPS) is 41.5. The zero-order valence-corrected chi connectivity index (χ0v) is 20.6. The van der Waals surface area contributed by atoms with Gasteiger partial charge in [-0.15, -0.1) is 0 Å². The van der Waals surface area contributed by atoms with Crippen molar-refractivity contribution in [2.24, 2.45) is 34.5 Å². The maximum atomic E-state index is 10.7. The van der Waals surface area contributed by atoms with Crippen LogP contribution >= 0.6 is 0 Å². The van der Waals surface area contributed by atoms with Gasteiger partial charge in [-0.05, 0) is 117 Å². The summed E-state index contributed by atoms with van der Waals surface area (Å²) in [6.45, 7) is 14.4. The van der Waals surface area contributed by atoms with E-state index >= 15 is 0 Å². The van der Waals surface area contributed by atoms with Gasteiger partial charge in [-0.3, -0.25) is 0 Å². The summed E-state index contributed by atoms with van der Waals surface area (Å²) < 4.78 is 0. The first-order valence-electron chi connectivity index (χ1n) is 13.0. The van der Waals surface area contributed by atoms with E-state index in [1.54, 1.807) is 11.1 Å². The molecule has 4 rings (SSSR count). The van der Waals surface area contributed by atoms with Crippen molar-refractivity contribution in [3.63, 3.8) is 0 Å². The highest BCUT2D eigenvalue weighted by Crippen LogP contribution is 2.65. The Morgan fingerprint density at radius 2 is 1.93 bits per heavy atom. The van der Waals surface area contributed by atoms with Gasteiger partial charge in [0.15, 0.2) is 0 Å². The van der Waals surface area contributed by atoms with Gasteiger partial charge < -0.3 is 5.11 Å². The van der Waals surface area contributed by atoms with E-state index in [2.05, 4.69) is 53.7 Å². The summed E-state index contributed by atoms with van der Waals surface area (Å²) in [5, 5.41) is 10.7. The van der Waals surface area contributed by atoms with Crippen LogP contribution < -0.4 is 0 Å². The average molecular weight is 411 g/mol. The molecule has 0 bridgehead atoms. The van der Waals surface area contributed by atoms with Crippen molar-refractivity contribution in [2.45, 2.75) is 112 Å². The van der Waals surface area contributed by atoms with Crippen molar-refractivity contribution in [3.05, 3.63) is 34.4 Å². The lowest BCUT2D eigenvalue weighted by molar-refractivity contribution is -0.0386. The second-order valence-corrected chi connectivity index (χ2v) is 11.9. The van der Waals surface area contributed by atoms with Crippen molar-refractivity contribution in [1.82, 2.24) is 0 Å². The molecule has 1 heteroatoms. The smallest absolute Gasteiger partial charge is 0.0571 e. The molecule has 1 saturated carbocycles. The summed E-state index contributed by atoms with van der Waals surface area (Å²) in [5.41, 5.74) is 7.52. The van der Waals surface area contributed by atoms with E-state index in [9.17, 15) is 5.11 Å². The maximum Gasteiger partial charge on any atom is 0.0571 e. The summed E-state index contributed by atoms with van der Waals surface area (Å²) in [5.74, 6) is 2.80. The molecule has 0 aromatic carbocycles. The number of hydrogen-bond acceptors (Lipinski definition) is 1. The van der Waals surface area contributed by atoms with Gasteiger partial charge >= 0.3 is 0 Å². The number of allylic oxidation sites excluding steroid dienone is 6. The van der Waals surface area contributed by atoms with Crippen LogP contribution in [0.5, 0.6) is 0 Å². The Balaban J connectivity index is 1.59. The molecule has 7 atom stereocenters. The highest BCUT2D eigenvalue weighted by molar-refractivity contribution is 5.49. The molecule has 0 aliphatic heterocycles. The molecule has 4 aliphatic carbocycles. The van der Waals surface area contributed by atoms with E-state index in [-0.39, 0.29) is 6.10 Å². The quantitative estimate of drug-likeness (QED) is 0.455. The minimum Gasteiger partial charge on any atom is -0.393 e. The molecular formula is C29H46O.